The number of benzene rings is 1. The van der Waals surface area contributed by atoms with Gasteiger partial charge in [0.25, 0.3) is 0 Å². The van der Waals surface area contributed by atoms with Crippen molar-refractivity contribution in [3.63, 3.8) is 0 Å². The minimum absolute atomic E-state index is 0.139. The Morgan fingerprint density at radius 1 is 1.41 bits per heavy atom. The van der Waals surface area contributed by atoms with Gasteiger partial charge in [-0.2, -0.15) is 0 Å². The highest BCUT2D eigenvalue weighted by Crippen LogP contribution is 2.30. The number of phenols is 2. The first-order chi connectivity index (χ1) is 8.11. The second kappa shape index (κ2) is 4.63. The average Bonchev–Trinajstić information content (AvgIpc) is 2.30. The number of rotatable bonds is 2. The molecule has 0 saturated heterocycles. The molecule has 2 rings (SSSR count). The molecule has 17 heavy (non-hydrogen) atoms. The van der Waals surface area contributed by atoms with Crippen molar-refractivity contribution in [3.05, 3.63) is 23.3 Å². The van der Waals surface area contributed by atoms with Crippen LogP contribution in [0.25, 0.3) is 0 Å². The minimum Gasteiger partial charge on any atom is -0.504 e. The van der Waals surface area contributed by atoms with Crippen molar-refractivity contribution in [2.75, 3.05) is 6.61 Å². The first-order valence-corrected chi connectivity index (χ1v) is 5.55. The Bertz CT molecular complexity index is 444. The maximum absolute atomic E-state index is 11.6. The molecule has 0 amide bonds. The second-order valence-electron chi connectivity index (χ2n) is 4.00. The molecule has 0 spiro atoms. The molecule has 1 aliphatic heterocycles. The number of ether oxygens (including phenoxy) is 1. The monoisotopic (exact) mass is 237 g/mol. The molecule has 0 unspecified atom stereocenters. The fourth-order valence-corrected chi connectivity index (χ4v) is 1.95. The van der Waals surface area contributed by atoms with Crippen molar-refractivity contribution in [1.29, 1.82) is 0 Å². The maximum Gasteiger partial charge on any atom is 0.323 e. The van der Waals surface area contributed by atoms with E-state index >= 15 is 0 Å². The minimum atomic E-state index is -0.383. The van der Waals surface area contributed by atoms with E-state index in [-0.39, 0.29) is 23.5 Å². The van der Waals surface area contributed by atoms with E-state index in [1.807, 2.05) is 0 Å². The lowest BCUT2D eigenvalue weighted by Crippen LogP contribution is -2.42. The second-order valence-corrected chi connectivity index (χ2v) is 4.00. The Balaban J connectivity index is 2.18. The highest BCUT2D eigenvalue weighted by atomic mass is 16.5. The molecule has 5 heteroatoms. The van der Waals surface area contributed by atoms with E-state index in [0.717, 1.165) is 11.1 Å². The summed E-state index contributed by atoms with van der Waals surface area (Å²) in [6.07, 6.45) is 0.460. The van der Waals surface area contributed by atoms with Gasteiger partial charge < -0.3 is 20.3 Å². The van der Waals surface area contributed by atoms with Crippen LogP contribution in [0.3, 0.4) is 0 Å². The fourth-order valence-electron chi connectivity index (χ4n) is 1.95. The first-order valence-electron chi connectivity index (χ1n) is 5.55. The molecule has 92 valence electrons. The van der Waals surface area contributed by atoms with E-state index in [2.05, 4.69) is 5.32 Å². The number of carbonyl (C=O) groups is 1. The van der Waals surface area contributed by atoms with Gasteiger partial charge in [0.2, 0.25) is 0 Å². The normalized spacial score (nSPS) is 18.5. The Labute approximate surface area is 99.0 Å². The lowest BCUT2D eigenvalue weighted by molar-refractivity contribution is -0.145. The third-order valence-electron chi connectivity index (χ3n) is 2.83. The number of phenolic OH excluding ortho intramolecular Hbond substituents is 2. The fraction of sp³-hybridized carbons (Fsp3) is 0.417. The van der Waals surface area contributed by atoms with Crippen molar-refractivity contribution < 1.29 is 19.7 Å². The smallest absolute Gasteiger partial charge is 0.323 e. The van der Waals surface area contributed by atoms with E-state index < -0.39 is 0 Å². The number of hydrogen-bond donors (Lipinski definition) is 3. The zero-order valence-electron chi connectivity index (χ0n) is 9.56. The van der Waals surface area contributed by atoms with Crippen LogP contribution >= 0.6 is 0 Å². The largest absolute Gasteiger partial charge is 0.504 e. The lowest BCUT2D eigenvalue weighted by atomic mass is 9.95. The Morgan fingerprint density at radius 3 is 2.71 bits per heavy atom. The molecule has 1 aromatic rings. The number of fused-ring (bicyclic) bond motifs is 1. The van der Waals surface area contributed by atoms with Gasteiger partial charge in [0.15, 0.2) is 11.5 Å². The van der Waals surface area contributed by atoms with Crippen LogP contribution in [0.2, 0.25) is 0 Å². The summed E-state index contributed by atoms with van der Waals surface area (Å²) in [5.41, 5.74) is 1.75. The molecule has 0 fully saturated rings. The molecule has 0 saturated carbocycles. The van der Waals surface area contributed by atoms with E-state index in [4.69, 9.17) is 4.74 Å². The number of nitrogens with one attached hydrogen (secondary N) is 1. The summed E-state index contributed by atoms with van der Waals surface area (Å²) in [5, 5.41) is 21.8. The SMILES string of the molecule is CCOC(=O)[C@@H]1Cc2cc(O)c(O)cc2CN1. The van der Waals surface area contributed by atoms with Crippen molar-refractivity contribution in [3.8, 4) is 11.5 Å². The van der Waals surface area contributed by atoms with Crippen LogP contribution in [-0.2, 0) is 22.5 Å². The van der Waals surface area contributed by atoms with E-state index in [1.54, 1.807) is 6.92 Å². The Kier molecular flexibility index (Phi) is 3.19. The summed E-state index contributed by atoms with van der Waals surface area (Å²) in [6, 6.07) is 2.63. The van der Waals surface area contributed by atoms with Gasteiger partial charge >= 0.3 is 5.97 Å². The van der Waals surface area contributed by atoms with Crippen molar-refractivity contribution in [2.45, 2.75) is 25.9 Å². The van der Waals surface area contributed by atoms with E-state index in [0.29, 0.717) is 19.6 Å². The molecule has 0 aromatic heterocycles. The molecule has 3 N–H and O–H groups in total. The van der Waals surface area contributed by atoms with Gasteiger partial charge in [0.05, 0.1) is 6.61 Å². The van der Waals surface area contributed by atoms with Crippen molar-refractivity contribution in [2.24, 2.45) is 0 Å². The van der Waals surface area contributed by atoms with Gasteiger partial charge in [0.1, 0.15) is 6.04 Å². The standard InChI is InChI=1S/C12H15NO4/c1-2-17-12(16)9-3-7-4-10(14)11(15)5-8(7)6-13-9/h4-5,9,13-15H,2-3,6H2,1H3/t9-/m0/s1. The van der Waals surface area contributed by atoms with Crippen LogP contribution < -0.4 is 5.32 Å². The number of aromatic hydroxyl groups is 2. The average molecular weight is 237 g/mol. The van der Waals surface area contributed by atoms with Crippen LogP contribution in [0.4, 0.5) is 0 Å². The van der Waals surface area contributed by atoms with Gasteiger partial charge in [-0.15, -0.1) is 0 Å². The highest BCUT2D eigenvalue weighted by Gasteiger charge is 2.26. The predicted octanol–water partition coefficient (Wildman–Crippen LogP) is 0.675. The topological polar surface area (TPSA) is 78.8 Å². The summed E-state index contributed by atoms with van der Waals surface area (Å²) in [4.78, 5) is 11.6. The lowest BCUT2D eigenvalue weighted by Gasteiger charge is -2.24. The van der Waals surface area contributed by atoms with Crippen LogP contribution in [0.15, 0.2) is 12.1 Å². The van der Waals surface area contributed by atoms with Gasteiger partial charge in [0, 0.05) is 6.54 Å². The predicted molar refractivity (Wildman–Crippen MR) is 60.7 cm³/mol. The molecule has 1 heterocycles. The quantitative estimate of drug-likeness (QED) is 0.520. The summed E-state index contributed by atoms with van der Waals surface area (Å²) in [6.45, 7) is 2.59. The maximum atomic E-state index is 11.6. The molecule has 1 aliphatic rings. The highest BCUT2D eigenvalue weighted by molar-refractivity contribution is 5.76. The molecule has 1 aromatic carbocycles. The summed E-state index contributed by atoms with van der Waals surface area (Å²) >= 11 is 0. The van der Waals surface area contributed by atoms with Crippen LogP contribution in [0, 0.1) is 0 Å². The molecular weight excluding hydrogens is 222 g/mol. The number of carbonyl (C=O) groups excluding carboxylic acids is 1. The van der Waals surface area contributed by atoms with Gasteiger partial charge in [-0.1, -0.05) is 0 Å². The Hall–Kier alpha value is -1.75. The molecule has 0 aliphatic carbocycles. The third kappa shape index (κ3) is 2.34. The van der Waals surface area contributed by atoms with Gasteiger partial charge in [-0.25, -0.2) is 0 Å². The Morgan fingerprint density at radius 2 is 2.06 bits per heavy atom. The molecular formula is C12H15NO4. The summed E-state index contributed by atoms with van der Waals surface area (Å²) in [7, 11) is 0. The van der Waals surface area contributed by atoms with E-state index in [9.17, 15) is 15.0 Å². The number of hydrogen-bond acceptors (Lipinski definition) is 5. The van der Waals surface area contributed by atoms with Crippen molar-refractivity contribution >= 4 is 5.97 Å². The zero-order chi connectivity index (χ0) is 12.4. The zero-order valence-corrected chi connectivity index (χ0v) is 9.56. The molecule has 5 nitrogen and oxygen atoms in total. The van der Waals surface area contributed by atoms with E-state index in [1.165, 1.54) is 12.1 Å². The number of esters is 1. The molecule has 0 bridgehead atoms. The third-order valence-corrected chi connectivity index (χ3v) is 2.83. The van der Waals surface area contributed by atoms with Gasteiger partial charge in [-0.05, 0) is 36.6 Å². The summed E-state index contributed by atoms with van der Waals surface area (Å²) < 4.78 is 4.94. The molecule has 0 radical (unpaired) electrons. The first kappa shape index (κ1) is 11.7. The van der Waals surface area contributed by atoms with Crippen LogP contribution in [0.1, 0.15) is 18.1 Å². The van der Waals surface area contributed by atoms with Crippen molar-refractivity contribution in [1.82, 2.24) is 5.32 Å². The van der Waals surface area contributed by atoms with Gasteiger partial charge in [-0.3, -0.25) is 4.79 Å². The van der Waals surface area contributed by atoms with Crippen LogP contribution in [0.5, 0.6) is 11.5 Å². The molecule has 1 atom stereocenters. The summed E-state index contributed by atoms with van der Waals surface area (Å²) in [5.74, 6) is -0.584. The van der Waals surface area contributed by atoms with Crippen LogP contribution in [-0.4, -0.2) is 28.8 Å².